The second-order valence-electron chi connectivity index (χ2n) is 2.83. The predicted octanol–water partition coefficient (Wildman–Crippen LogP) is 0.238. The second kappa shape index (κ2) is 7.28. The van der Waals surface area contributed by atoms with Crippen LogP contribution in [0.3, 0.4) is 0 Å². The van der Waals surface area contributed by atoms with E-state index in [2.05, 4.69) is 6.58 Å². The van der Waals surface area contributed by atoms with Gasteiger partial charge in [-0.25, -0.2) is 0 Å². The topological polar surface area (TPSA) is 43.7 Å². The summed E-state index contributed by atoms with van der Waals surface area (Å²) < 4.78 is 0. The molecule has 0 saturated carbocycles. The van der Waals surface area contributed by atoms with E-state index in [1.807, 2.05) is 11.8 Å². The Hall–Kier alpha value is -0.380. The third kappa shape index (κ3) is 5.29. The lowest BCUT2D eigenvalue weighted by atomic mass is 10.2. The summed E-state index contributed by atoms with van der Waals surface area (Å²) >= 11 is 0. The van der Waals surface area contributed by atoms with Crippen molar-refractivity contribution in [3.63, 3.8) is 0 Å². The fraction of sp³-hybridized carbons (Fsp3) is 0.778. The highest BCUT2D eigenvalue weighted by atomic mass is 16.3. The van der Waals surface area contributed by atoms with E-state index in [9.17, 15) is 5.11 Å². The Balaban J connectivity index is 3.68. The van der Waals surface area contributed by atoms with Gasteiger partial charge in [-0.15, -0.1) is 6.58 Å². The van der Waals surface area contributed by atoms with Gasteiger partial charge in [0.05, 0.1) is 12.7 Å². The number of hydrogen-bond acceptors (Lipinski definition) is 3. The van der Waals surface area contributed by atoms with Crippen molar-refractivity contribution in [2.24, 2.45) is 0 Å². The van der Waals surface area contributed by atoms with Crippen molar-refractivity contribution in [2.45, 2.75) is 19.4 Å². The molecule has 3 heteroatoms. The molecule has 1 atom stereocenters. The molecule has 12 heavy (non-hydrogen) atoms. The van der Waals surface area contributed by atoms with Crippen LogP contribution in [0.4, 0.5) is 0 Å². The van der Waals surface area contributed by atoms with Crippen molar-refractivity contribution in [1.82, 2.24) is 4.90 Å². The number of aliphatic hydroxyl groups excluding tert-OH is 2. The molecule has 72 valence electrons. The molecular weight excluding hydrogens is 154 g/mol. The number of rotatable bonds is 7. The molecule has 0 bridgehead atoms. The first kappa shape index (κ1) is 11.6. The molecule has 3 nitrogen and oxygen atoms in total. The average Bonchev–Trinajstić information content (AvgIpc) is 2.05. The minimum Gasteiger partial charge on any atom is -0.395 e. The lowest BCUT2D eigenvalue weighted by molar-refractivity contribution is 0.104. The summed E-state index contributed by atoms with van der Waals surface area (Å²) in [6.07, 6.45) is 2.23. The summed E-state index contributed by atoms with van der Waals surface area (Å²) in [7, 11) is 0. The van der Waals surface area contributed by atoms with Gasteiger partial charge in [-0.2, -0.15) is 0 Å². The molecule has 0 aromatic heterocycles. The Morgan fingerprint density at radius 3 is 2.67 bits per heavy atom. The molecule has 1 unspecified atom stereocenters. The third-order valence-electron chi connectivity index (χ3n) is 1.74. The molecule has 0 rings (SSSR count). The summed E-state index contributed by atoms with van der Waals surface area (Å²) in [5.41, 5.74) is 0. The van der Waals surface area contributed by atoms with E-state index in [-0.39, 0.29) is 12.7 Å². The van der Waals surface area contributed by atoms with Crippen molar-refractivity contribution in [1.29, 1.82) is 0 Å². The van der Waals surface area contributed by atoms with Crippen LogP contribution in [-0.2, 0) is 0 Å². The smallest absolute Gasteiger partial charge is 0.0664 e. The molecule has 0 spiro atoms. The van der Waals surface area contributed by atoms with E-state index in [0.29, 0.717) is 13.1 Å². The van der Waals surface area contributed by atoms with Crippen molar-refractivity contribution >= 4 is 0 Å². The van der Waals surface area contributed by atoms with E-state index >= 15 is 0 Å². The van der Waals surface area contributed by atoms with Crippen LogP contribution >= 0.6 is 0 Å². The number of hydrogen-bond donors (Lipinski definition) is 2. The maximum Gasteiger partial charge on any atom is 0.0664 e. The number of nitrogens with zero attached hydrogens (tertiary/aromatic N) is 1. The summed E-state index contributed by atoms with van der Waals surface area (Å²) in [4.78, 5) is 1.97. The van der Waals surface area contributed by atoms with Gasteiger partial charge >= 0.3 is 0 Å². The zero-order valence-electron chi connectivity index (χ0n) is 7.74. The lowest BCUT2D eigenvalue weighted by Crippen LogP contribution is -2.34. The van der Waals surface area contributed by atoms with Crippen LogP contribution < -0.4 is 0 Å². The molecule has 0 heterocycles. The number of aliphatic hydroxyl groups is 2. The summed E-state index contributed by atoms with van der Waals surface area (Å²) in [6, 6.07) is 0. The van der Waals surface area contributed by atoms with E-state index in [1.165, 1.54) is 0 Å². The predicted molar refractivity (Wildman–Crippen MR) is 50.0 cm³/mol. The molecular formula is C9H19NO2. The average molecular weight is 173 g/mol. The van der Waals surface area contributed by atoms with Gasteiger partial charge in [0.15, 0.2) is 0 Å². The van der Waals surface area contributed by atoms with Crippen LogP contribution in [-0.4, -0.2) is 47.5 Å². The van der Waals surface area contributed by atoms with Gasteiger partial charge in [0.25, 0.3) is 0 Å². The zero-order chi connectivity index (χ0) is 9.40. The highest BCUT2D eigenvalue weighted by molar-refractivity contribution is 4.74. The van der Waals surface area contributed by atoms with Crippen molar-refractivity contribution in [2.75, 3.05) is 26.2 Å². The normalized spacial score (nSPS) is 13.3. The largest absolute Gasteiger partial charge is 0.395 e. The maximum atomic E-state index is 9.32. The summed E-state index contributed by atoms with van der Waals surface area (Å²) in [5, 5.41) is 18.0. The minimum absolute atomic E-state index is 0.129. The quantitative estimate of drug-likeness (QED) is 0.542. The first-order valence-corrected chi connectivity index (χ1v) is 4.36. The maximum absolute atomic E-state index is 9.32. The van der Waals surface area contributed by atoms with Crippen LogP contribution in [0.1, 0.15) is 13.3 Å². The molecule has 0 aromatic carbocycles. The molecule has 2 N–H and O–H groups in total. The molecule has 0 amide bonds. The molecule has 0 aromatic rings. The fourth-order valence-corrected chi connectivity index (χ4v) is 1.01. The Morgan fingerprint density at radius 1 is 1.58 bits per heavy atom. The highest BCUT2D eigenvalue weighted by Crippen LogP contribution is 1.95. The van der Waals surface area contributed by atoms with Crippen LogP contribution in [0.5, 0.6) is 0 Å². The Labute approximate surface area is 74.3 Å². The molecule has 0 radical (unpaired) electrons. The molecule has 0 aliphatic carbocycles. The molecule has 0 saturated heterocycles. The van der Waals surface area contributed by atoms with Crippen molar-refractivity contribution in [3.8, 4) is 0 Å². The highest BCUT2D eigenvalue weighted by Gasteiger charge is 2.07. The van der Waals surface area contributed by atoms with Gasteiger partial charge in [-0.05, 0) is 6.42 Å². The summed E-state index contributed by atoms with van der Waals surface area (Å²) in [6.45, 7) is 7.61. The van der Waals surface area contributed by atoms with Crippen LogP contribution in [0, 0.1) is 0 Å². The minimum atomic E-state index is -0.295. The first-order valence-electron chi connectivity index (χ1n) is 4.36. The molecule has 0 fully saturated rings. The van der Waals surface area contributed by atoms with Crippen molar-refractivity contribution < 1.29 is 10.2 Å². The van der Waals surface area contributed by atoms with E-state index in [1.54, 1.807) is 6.08 Å². The van der Waals surface area contributed by atoms with Crippen molar-refractivity contribution in [3.05, 3.63) is 12.7 Å². The zero-order valence-corrected chi connectivity index (χ0v) is 7.74. The molecule has 0 aliphatic heterocycles. The first-order chi connectivity index (χ1) is 5.74. The monoisotopic (exact) mass is 173 g/mol. The second-order valence-corrected chi connectivity index (χ2v) is 2.83. The Bertz CT molecular complexity index is 117. The van der Waals surface area contributed by atoms with Gasteiger partial charge in [0.1, 0.15) is 0 Å². The molecule has 0 aliphatic rings. The summed E-state index contributed by atoms with van der Waals surface area (Å²) in [5.74, 6) is 0. The van der Waals surface area contributed by atoms with Crippen LogP contribution in [0.25, 0.3) is 0 Å². The van der Waals surface area contributed by atoms with Gasteiger partial charge in [0.2, 0.25) is 0 Å². The van der Waals surface area contributed by atoms with E-state index < -0.39 is 0 Å². The van der Waals surface area contributed by atoms with Gasteiger partial charge in [0, 0.05) is 19.6 Å². The van der Waals surface area contributed by atoms with E-state index in [0.717, 1.165) is 13.0 Å². The lowest BCUT2D eigenvalue weighted by Gasteiger charge is -2.21. The van der Waals surface area contributed by atoms with Gasteiger partial charge in [-0.1, -0.05) is 13.0 Å². The Kier molecular flexibility index (Phi) is 7.05. The van der Waals surface area contributed by atoms with Gasteiger partial charge < -0.3 is 10.2 Å². The fourth-order valence-electron chi connectivity index (χ4n) is 1.01. The van der Waals surface area contributed by atoms with E-state index in [4.69, 9.17) is 5.11 Å². The van der Waals surface area contributed by atoms with Crippen LogP contribution in [0.15, 0.2) is 12.7 Å². The SMILES string of the molecule is C=CCN(CCO)CC(O)CC. The Morgan fingerprint density at radius 2 is 2.25 bits per heavy atom. The van der Waals surface area contributed by atoms with Gasteiger partial charge in [-0.3, -0.25) is 4.90 Å². The van der Waals surface area contributed by atoms with Crippen LogP contribution in [0.2, 0.25) is 0 Å². The third-order valence-corrected chi connectivity index (χ3v) is 1.74. The standard InChI is InChI=1S/C9H19NO2/c1-3-5-10(6-7-11)8-9(12)4-2/h3,9,11-12H,1,4-8H2,2H3.